The molecule has 120 valence electrons. The Morgan fingerprint density at radius 1 is 1.48 bits per heavy atom. The van der Waals surface area contributed by atoms with Crippen molar-refractivity contribution in [2.24, 2.45) is 5.73 Å². The standard InChI is InChI=1S/C17H19FN4O/c1-3-15-10(2)16(17(19)23)22(21-15)13-5-4-12(14(18)7-13)6-11-8-20-9-11/h4-7,20H,3,8-9H2,1-2H3,(H2,19,23). The predicted octanol–water partition coefficient (Wildman–Crippen LogP) is 1.97. The topological polar surface area (TPSA) is 72.9 Å². The molecule has 1 aromatic heterocycles. The van der Waals surface area contributed by atoms with Crippen LogP contribution in [0.25, 0.3) is 11.8 Å². The minimum atomic E-state index is -0.568. The lowest BCUT2D eigenvalue weighted by Crippen LogP contribution is -2.33. The van der Waals surface area contributed by atoms with Crippen molar-refractivity contribution in [1.82, 2.24) is 15.1 Å². The Balaban J connectivity index is 2.05. The highest BCUT2D eigenvalue weighted by atomic mass is 19.1. The van der Waals surface area contributed by atoms with Crippen LogP contribution in [0.15, 0.2) is 23.8 Å². The molecule has 2 heterocycles. The first-order valence-corrected chi connectivity index (χ1v) is 7.59. The molecular weight excluding hydrogens is 295 g/mol. The molecule has 1 amide bonds. The van der Waals surface area contributed by atoms with E-state index < -0.39 is 5.91 Å². The van der Waals surface area contributed by atoms with Crippen molar-refractivity contribution in [2.45, 2.75) is 20.3 Å². The van der Waals surface area contributed by atoms with Gasteiger partial charge >= 0.3 is 0 Å². The van der Waals surface area contributed by atoms with Crippen LogP contribution in [-0.2, 0) is 6.42 Å². The molecule has 0 spiro atoms. The van der Waals surface area contributed by atoms with Gasteiger partial charge in [0.15, 0.2) is 0 Å². The van der Waals surface area contributed by atoms with Crippen molar-refractivity contribution in [1.29, 1.82) is 0 Å². The maximum Gasteiger partial charge on any atom is 0.267 e. The summed E-state index contributed by atoms with van der Waals surface area (Å²) in [5, 5.41) is 7.52. The highest BCUT2D eigenvalue weighted by Crippen LogP contribution is 2.22. The second kappa shape index (κ2) is 5.96. The van der Waals surface area contributed by atoms with E-state index in [0.717, 1.165) is 29.9 Å². The molecule has 0 radical (unpaired) electrons. The molecule has 1 aliphatic heterocycles. The maximum atomic E-state index is 14.4. The van der Waals surface area contributed by atoms with E-state index in [2.05, 4.69) is 10.4 Å². The summed E-state index contributed by atoms with van der Waals surface area (Å²) in [6.07, 6.45) is 2.52. The van der Waals surface area contributed by atoms with Crippen LogP contribution in [0.1, 0.15) is 34.2 Å². The van der Waals surface area contributed by atoms with E-state index in [-0.39, 0.29) is 5.82 Å². The Labute approximate surface area is 134 Å². The molecule has 23 heavy (non-hydrogen) atoms. The number of carbonyl (C=O) groups excluding carboxylic acids is 1. The molecule has 1 saturated heterocycles. The molecule has 1 fully saturated rings. The monoisotopic (exact) mass is 314 g/mol. The zero-order chi connectivity index (χ0) is 16.6. The second-order valence-corrected chi connectivity index (χ2v) is 5.66. The van der Waals surface area contributed by atoms with Gasteiger partial charge in [-0.1, -0.05) is 13.0 Å². The number of nitrogens with one attached hydrogen (secondary N) is 1. The fraction of sp³-hybridized carbons (Fsp3) is 0.294. The number of nitrogens with zero attached hydrogens (tertiary/aromatic N) is 2. The number of nitrogens with two attached hydrogens (primary N) is 1. The van der Waals surface area contributed by atoms with E-state index in [1.807, 2.05) is 13.0 Å². The Kier molecular flexibility index (Phi) is 4.00. The highest BCUT2D eigenvalue weighted by molar-refractivity contribution is 5.93. The summed E-state index contributed by atoms with van der Waals surface area (Å²) in [6.45, 7) is 5.35. The van der Waals surface area contributed by atoms with E-state index in [4.69, 9.17) is 5.73 Å². The van der Waals surface area contributed by atoms with Gasteiger partial charge in [-0.25, -0.2) is 9.07 Å². The summed E-state index contributed by atoms with van der Waals surface area (Å²) in [6, 6.07) is 4.83. The lowest BCUT2D eigenvalue weighted by molar-refractivity contribution is 0.0992. The largest absolute Gasteiger partial charge is 0.364 e. The van der Waals surface area contributed by atoms with Crippen molar-refractivity contribution in [3.05, 3.63) is 52.1 Å². The zero-order valence-electron chi connectivity index (χ0n) is 13.2. The van der Waals surface area contributed by atoms with Crippen molar-refractivity contribution in [3.63, 3.8) is 0 Å². The van der Waals surface area contributed by atoms with Crippen molar-refractivity contribution < 1.29 is 9.18 Å². The average molecular weight is 314 g/mol. The molecule has 0 unspecified atom stereocenters. The second-order valence-electron chi connectivity index (χ2n) is 5.66. The molecule has 6 heteroatoms. The molecule has 0 saturated carbocycles. The molecule has 1 aromatic carbocycles. The summed E-state index contributed by atoms with van der Waals surface area (Å²) in [5.41, 5.74) is 9.49. The third-order valence-electron chi connectivity index (χ3n) is 4.08. The Morgan fingerprint density at radius 2 is 2.22 bits per heavy atom. The van der Waals surface area contributed by atoms with Gasteiger partial charge in [0.05, 0.1) is 11.4 Å². The Morgan fingerprint density at radius 3 is 2.74 bits per heavy atom. The van der Waals surface area contributed by atoms with E-state index >= 15 is 0 Å². The van der Waals surface area contributed by atoms with Gasteiger partial charge in [0.2, 0.25) is 0 Å². The molecule has 0 aliphatic carbocycles. The number of hydrogen-bond acceptors (Lipinski definition) is 3. The lowest BCUT2D eigenvalue weighted by Gasteiger charge is -2.18. The van der Waals surface area contributed by atoms with Gasteiger partial charge in [-0.15, -0.1) is 0 Å². The van der Waals surface area contributed by atoms with Crippen LogP contribution in [0.4, 0.5) is 4.39 Å². The fourth-order valence-electron chi connectivity index (χ4n) is 2.71. The molecule has 5 nitrogen and oxygen atoms in total. The summed E-state index contributed by atoms with van der Waals surface area (Å²) in [7, 11) is 0. The van der Waals surface area contributed by atoms with Crippen LogP contribution in [0, 0.1) is 12.7 Å². The predicted molar refractivity (Wildman–Crippen MR) is 87.0 cm³/mol. The number of aryl methyl sites for hydroxylation is 1. The fourth-order valence-corrected chi connectivity index (χ4v) is 2.71. The van der Waals surface area contributed by atoms with Crippen molar-refractivity contribution in [3.8, 4) is 5.69 Å². The number of amides is 1. The van der Waals surface area contributed by atoms with Gasteiger partial charge < -0.3 is 11.1 Å². The number of aromatic nitrogens is 2. The highest BCUT2D eigenvalue weighted by Gasteiger charge is 2.19. The summed E-state index contributed by atoms with van der Waals surface area (Å²) in [5.74, 6) is -0.912. The number of benzene rings is 1. The van der Waals surface area contributed by atoms with Crippen LogP contribution < -0.4 is 11.1 Å². The number of primary amides is 1. The molecule has 1 aliphatic rings. The normalized spacial score (nSPS) is 13.8. The zero-order valence-corrected chi connectivity index (χ0v) is 13.2. The van der Waals surface area contributed by atoms with E-state index in [1.165, 1.54) is 10.7 Å². The van der Waals surface area contributed by atoms with Crippen molar-refractivity contribution in [2.75, 3.05) is 13.1 Å². The molecule has 0 bridgehead atoms. The molecule has 0 atom stereocenters. The minimum absolute atomic E-state index is 0.301. The number of rotatable bonds is 4. The number of carbonyl (C=O) groups is 1. The first kappa shape index (κ1) is 15.4. The van der Waals surface area contributed by atoms with Gasteiger partial charge in [-0.2, -0.15) is 5.10 Å². The van der Waals surface area contributed by atoms with E-state index in [1.54, 1.807) is 19.1 Å². The number of halogens is 1. The first-order valence-electron chi connectivity index (χ1n) is 7.59. The Bertz CT molecular complexity index is 801. The summed E-state index contributed by atoms with van der Waals surface area (Å²) < 4.78 is 15.8. The molecule has 3 rings (SSSR count). The SMILES string of the molecule is CCc1nn(-c2ccc(C=C3CNC3)c(F)c2)c(C(N)=O)c1C. The molecular formula is C17H19FN4O. The summed E-state index contributed by atoms with van der Waals surface area (Å²) >= 11 is 0. The lowest BCUT2D eigenvalue weighted by atomic mass is 10.1. The van der Waals surface area contributed by atoms with E-state index in [9.17, 15) is 9.18 Å². The van der Waals surface area contributed by atoms with Gasteiger partial charge in [0.25, 0.3) is 5.91 Å². The van der Waals surface area contributed by atoms with Gasteiger partial charge in [-0.3, -0.25) is 4.79 Å². The molecule has 3 N–H and O–H groups in total. The average Bonchev–Trinajstić information content (AvgIpc) is 2.81. The van der Waals surface area contributed by atoms with Gasteiger partial charge in [0, 0.05) is 30.3 Å². The van der Waals surface area contributed by atoms with Crippen LogP contribution in [0.5, 0.6) is 0 Å². The van der Waals surface area contributed by atoms with Crippen LogP contribution in [0.3, 0.4) is 0 Å². The smallest absolute Gasteiger partial charge is 0.267 e. The quantitative estimate of drug-likeness (QED) is 0.906. The minimum Gasteiger partial charge on any atom is -0.364 e. The Hall–Kier alpha value is -2.47. The van der Waals surface area contributed by atoms with Crippen LogP contribution in [0.2, 0.25) is 0 Å². The van der Waals surface area contributed by atoms with Gasteiger partial charge in [0.1, 0.15) is 11.5 Å². The van der Waals surface area contributed by atoms with E-state index in [0.29, 0.717) is 23.4 Å². The third-order valence-corrected chi connectivity index (χ3v) is 4.08. The summed E-state index contributed by atoms with van der Waals surface area (Å²) in [4.78, 5) is 11.7. The maximum absolute atomic E-state index is 14.4. The van der Waals surface area contributed by atoms with Crippen LogP contribution >= 0.6 is 0 Å². The van der Waals surface area contributed by atoms with Crippen LogP contribution in [-0.4, -0.2) is 28.8 Å². The third kappa shape index (κ3) is 2.77. The first-order chi connectivity index (χ1) is 11.0. The van der Waals surface area contributed by atoms with Crippen molar-refractivity contribution >= 4 is 12.0 Å². The van der Waals surface area contributed by atoms with Gasteiger partial charge in [-0.05, 0) is 31.1 Å². The number of hydrogen-bond donors (Lipinski definition) is 2. The molecule has 2 aromatic rings.